The van der Waals surface area contributed by atoms with E-state index in [4.69, 9.17) is 9.47 Å². The second-order valence-electron chi connectivity index (χ2n) is 9.10. The average molecular weight is 446 g/mol. The molecular weight excluding hydrogens is 417 g/mol. The molecule has 3 aromatic carbocycles. The summed E-state index contributed by atoms with van der Waals surface area (Å²) in [5.74, 6) is 2.49. The SMILES string of the molecule is O=C(CN1CC2CC(Oc3ccc(F)cc3)CC2C1)c1ccc(OCc2ccccc2)cc1. The second kappa shape index (κ2) is 9.75. The summed E-state index contributed by atoms with van der Waals surface area (Å²) < 4.78 is 24.9. The smallest absolute Gasteiger partial charge is 0.176 e. The van der Waals surface area contributed by atoms with Gasteiger partial charge >= 0.3 is 0 Å². The Labute approximate surface area is 193 Å². The molecular formula is C28H28FNO3. The maximum absolute atomic E-state index is 13.1. The van der Waals surface area contributed by atoms with Gasteiger partial charge in [-0.15, -0.1) is 0 Å². The van der Waals surface area contributed by atoms with Crippen LogP contribution in [0.2, 0.25) is 0 Å². The lowest BCUT2D eigenvalue weighted by Crippen LogP contribution is -2.30. The lowest BCUT2D eigenvalue weighted by Gasteiger charge is -2.19. The molecule has 0 spiro atoms. The zero-order valence-corrected chi connectivity index (χ0v) is 18.5. The maximum atomic E-state index is 13.1. The van der Waals surface area contributed by atoms with Crippen LogP contribution in [-0.2, 0) is 6.61 Å². The molecule has 1 saturated carbocycles. The van der Waals surface area contributed by atoms with E-state index in [0.717, 1.165) is 48.6 Å². The van der Waals surface area contributed by atoms with Gasteiger partial charge in [-0.1, -0.05) is 30.3 Å². The summed E-state index contributed by atoms with van der Waals surface area (Å²) in [6, 6.07) is 23.7. The summed E-state index contributed by atoms with van der Waals surface area (Å²) in [6.07, 6.45) is 2.15. The lowest BCUT2D eigenvalue weighted by atomic mass is 10.0. The minimum absolute atomic E-state index is 0.142. The van der Waals surface area contributed by atoms with Crippen LogP contribution in [0.3, 0.4) is 0 Å². The van der Waals surface area contributed by atoms with Crippen LogP contribution in [-0.4, -0.2) is 36.4 Å². The maximum Gasteiger partial charge on any atom is 0.176 e. The van der Waals surface area contributed by atoms with Crippen LogP contribution in [0.1, 0.15) is 28.8 Å². The minimum Gasteiger partial charge on any atom is -0.490 e. The number of ether oxygens (including phenoxy) is 2. The van der Waals surface area contributed by atoms with Crippen molar-refractivity contribution < 1.29 is 18.7 Å². The van der Waals surface area contributed by atoms with Crippen molar-refractivity contribution in [1.29, 1.82) is 0 Å². The van der Waals surface area contributed by atoms with Gasteiger partial charge in [0, 0.05) is 18.7 Å². The molecule has 1 heterocycles. The number of ketones is 1. The third-order valence-electron chi connectivity index (χ3n) is 6.69. The number of halogens is 1. The van der Waals surface area contributed by atoms with E-state index in [1.54, 1.807) is 12.1 Å². The number of likely N-dealkylation sites (tertiary alicyclic amines) is 1. The van der Waals surface area contributed by atoms with Gasteiger partial charge < -0.3 is 9.47 Å². The molecule has 0 radical (unpaired) electrons. The number of hydrogen-bond acceptors (Lipinski definition) is 4. The number of nitrogens with zero attached hydrogens (tertiary/aromatic N) is 1. The largest absolute Gasteiger partial charge is 0.490 e. The summed E-state index contributed by atoms with van der Waals surface area (Å²) >= 11 is 0. The Morgan fingerprint density at radius 1 is 0.848 bits per heavy atom. The van der Waals surface area contributed by atoms with Crippen molar-refractivity contribution in [2.45, 2.75) is 25.6 Å². The van der Waals surface area contributed by atoms with Gasteiger partial charge in [0.2, 0.25) is 0 Å². The molecule has 33 heavy (non-hydrogen) atoms. The molecule has 1 aliphatic carbocycles. The molecule has 2 atom stereocenters. The third-order valence-corrected chi connectivity index (χ3v) is 6.69. The molecule has 4 nitrogen and oxygen atoms in total. The Morgan fingerprint density at radius 3 is 2.15 bits per heavy atom. The first kappa shape index (κ1) is 21.7. The van der Waals surface area contributed by atoms with Crippen LogP contribution in [0.5, 0.6) is 11.5 Å². The Hall–Kier alpha value is -3.18. The van der Waals surface area contributed by atoms with Gasteiger partial charge in [0.1, 0.15) is 23.9 Å². The fourth-order valence-electron chi connectivity index (χ4n) is 5.04. The summed E-state index contributed by atoms with van der Waals surface area (Å²) in [7, 11) is 0. The molecule has 2 aliphatic rings. The van der Waals surface area contributed by atoms with E-state index in [1.165, 1.54) is 12.1 Å². The van der Waals surface area contributed by atoms with Crippen molar-refractivity contribution >= 4 is 5.78 Å². The standard InChI is InChI=1S/C28H28FNO3/c29-24-8-12-26(13-9-24)33-27-14-22-16-30(17-23(22)15-27)18-28(31)21-6-10-25(11-7-21)32-19-20-4-2-1-3-5-20/h1-13,22-23,27H,14-19H2. The van der Waals surface area contributed by atoms with E-state index in [9.17, 15) is 9.18 Å². The zero-order valence-electron chi connectivity index (χ0n) is 18.5. The predicted molar refractivity (Wildman–Crippen MR) is 125 cm³/mol. The Bertz CT molecular complexity index is 1050. The normalized spacial score (nSPS) is 22.2. The van der Waals surface area contributed by atoms with Gasteiger partial charge in [-0.2, -0.15) is 0 Å². The van der Waals surface area contributed by atoms with Gasteiger partial charge in [0.15, 0.2) is 5.78 Å². The predicted octanol–water partition coefficient (Wildman–Crippen LogP) is 5.38. The van der Waals surface area contributed by atoms with Gasteiger partial charge in [-0.25, -0.2) is 4.39 Å². The highest BCUT2D eigenvalue weighted by Crippen LogP contribution is 2.39. The van der Waals surface area contributed by atoms with Crippen molar-refractivity contribution in [2.24, 2.45) is 11.8 Å². The van der Waals surface area contributed by atoms with E-state index in [1.807, 2.05) is 54.6 Å². The number of Topliss-reactive ketones (excluding diaryl/α,β-unsaturated/α-hetero) is 1. The molecule has 170 valence electrons. The van der Waals surface area contributed by atoms with Crippen molar-refractivity contribution in [3.8, 4) is 11.5 Å². The molecule has 5 heteroatoms. The average Bonchev–Trinajstić information content (AvgIpc) is 3.38. The van der Waals surface area contributed by atoms with Crippen LogP contribution in [0.4, 0.5) is 4.39 Å². The van der Waals surface area contributed by atoms with Gasteiger partial charge in [-0.05, 0) is 78.8 Å². The number of carbonyl (C=O) groups excluding carboxylic acids is 1. The topological polar surface area (TPSA) is 38.8 Å². The van der Waals surface area contributed by atoms with Crippen LogP contribution >= 0.6 is 0 Å². The number of carbonyl (C=O) groups is 1. The highest BCUT2D eigenvalue weighted by Gasteiger charge is 2.42. The Balaban J connectivity index is 1.08. The van der Waals surface area contributed by atoms with Crippen molar-refractivity contribution in [3.05, 3.63) is 95.8 Å². The highest BCUT2D eigenvalue weighted by atomic mass is 19.1. The molecule has 5 rings (SSSR count). The first-order chi connectivity index (χ1) is 16.1. The molecule has 0 aromatic heterocycles. The van der Waals surface area contributed by atoms with Crippen LogP contribution < -0.4 is 9.47 Å². The Morgan fingerprint density at radius 2 is 1.48 bits per heavy atom. The summed E-state index contributed by atoms with van der Waals surface area (Å²) in [5.41, 5.74) is 1.83. The van der Waals surface area contributed by atoms with E-state index >= 15 is 0 Å². The Kier molecular flexibility index (Phi) is 6.40. The number of rotatable bonds is 8. The van der Waals surface area contributed by atoms with Crippen molar-refractivity contribution in [2.75, 3.05) is 19.6 Å². The summed E-state index contributed by atoms with van der Waals surface area (Å²) in [4.78, 5) is 15.1. The fourth-order valence-corrected chi connectivity index (χ4v) is 5.04. The molecule has 0 amide bonds. The highest BCUT2D eigenvalue weighted by molar-refractivity contribution is 5.97. The van der Waals surface area contributed by atoms with E-state index in [0.29, 0.717) is 25.0 Å². The van der Waals surface area contributed by atoms with Gasteiger partial charge in [0.25, 0.3) is 0 Å². The summed E-state index contributed by atoms with van der Waals surface area (Å²) in [6.45, 7) is 2.81. The number of hydrogen-bond donors (Lipinski definition) is 0. The van der Waals surface area contributed by atoms with Crippen molar-refractivity contribution in [3.63, 3.8) is 0 Å². The lowest BCUT2D eigenvalue weighted by molar-refractivity contribution is 0.0936. The van der Waals surface area contributed by atoms with E-state index in [2.05, 4.69) is 4.90 Å². The second-order valence-corrected chi connectivity index (χ2v) is 9.10. The van der Waals surface area contributed by atoms with Gasteiger partial charge in [0.05, 0.1) is 12.6 Å². The number of benzene rings is 3. The molecule has 3 aromatic rings. The minimum atomic E-state index is -0.250. The first-order valence-electron chi connectivity index (χ1n) is 11.6. The van der Waals surface area contributed by atoms with Crippen LogP contribution in [0.25, 0.3) is 0 Å². The van der Waals surface area contributed by atoms with Crippen molar-refractivity contribution in [1.82, 2.24) is 4.90 Å². The molecule has 2 unspecified atom stereocenters. The van der Waals surface area contributed by atoms with E-state index in [-0.39, 0.29) is 17.7 Å². The van der Waals surface area contributed by atoms with Gasteiger partial charge in [-0.3, -0.25) is 9.69 Å². The van der Waals surface area contributed by atoms with Crippen LogP contribution in [0.15, 0.2) is 78.9 Å². The fraction of sp³-hybridized carbons (Fsp3) is 0.321. The molecule has 1 aliphatic heterocycles. The quantitative estimate of drug-likeness (QED) is 0.437. The van der Waals surface area contributed by atoms with Crippen LogP contribution in [0, 0.1) is 17.7 Å². The molecule has 0 N–H and O–H groups in total. The van der Waals surface area contributed by atoms with E-state index < -0.39 is 0 Å². The zero-order chi connectivity index (χ0) is 22.6. The molecule has 0 bridgehead atoms. The monoisotopic (exact) mass is 445 g/mol. The molecule has 1 saturated heterocycles. The number of fused-ring (bicyclic) bond motifs is 1. The first-order valence-corrected chi connectivity index (χ1v) is 11.6. The molecule has 2 fully saturated rings. The third kappa shape index (κ3) is 5.42. The summed E-state index contributed by atoms with van der Waals surface area (Å²) in [5, 5.41) is 0.